The highest BCUT2D eigenvalue weighted by Gasteiger charge is 2.35. The standard InChI is InChI=1S/C17H24ClFO/c1-17(2,3)13-4-7-16(20)12(9-13)8-11-10-14(19)5-6-15(11)18/h5-6,10,12-13,16,20H,4,7-9H2,1-3H3. The van der Waals surface area contributed by atoms with E-state index in [1.54, 1.807) is 6.07 Å². The van der Waals surface area contributed by atoms with Gasteiger partial charge in [0.2, 0.25) is 0 Å². The predicted molar refractivity (Wildman–Crippen MR) is 81.4 cm³/mol. The third-order valence-corrected chi connectivity index (χ3v) is 5.03. The van der Waals surface area contributed by atoms with Crippen LogP contribution in [0.15, 0.2) is 18.2 Å². The summed E-state index contributed by atoms with van der Waals surface area (Å²) in [4.78, 5) is 0. The zero-order valence-corrected chi connectivity index (χ0v) is 13.3. The highest BCUT2D eigenvalue weighted by Crippen LogP contribution is 2.41. The summed E-state index contributed by atoms with van der Waals surface area (Å²) in [6, 6.07) is 4.47. The summed E-state index contributed by atoms with van der Waals surface area (Å²) in [7, 11) is 0. The van der Waals surface area contributed by atoms with Crippen LogP contribution in [0.1, 0.15) is 45.6 Å². The zero-order valence-electron chi connectivity index (χ0n) is 12.5. The quantitative estimate of drug-likeness (QED) is 0.828. The van der Waals surface area contributed by atoms with Gasteiger partial charge in [0.15, 0.2) is 0 Å². The second-order valence-corrected chi connectivity index (χ2v) is 7.55. The molecule has 20 heavy (non-hydrogen) atoms. The second kappa shape index (κ2) is 6.03. The van der Waals surface area contributed by atoms with E-state index < -0.39 is 0 Å². The molecule has 0 radical (unpaired) electrons. The molecule has 2 rings (SSSR count). The van der Waals surface area contributed by atoms with Crippen LogP contribution in [-0.4, -0.2) is 11.2 Å². The van der Waals surface area contributed by atoms with E-state index in [-0.39, 0.29) is 23.3 Å². The molecule has 112 valence electrons. The van der Waals surface area contributed by atoms with Gasteiger partial charge in [-0.1, -0.05) is 32.4 Å². The summed E-state index contributed by atoms with van der Waals surface area (Å²) >= 11 is 6.14. The molecule has 0 bridgehead atoms. The molecule has 0 aromatic heterocycles. The van der Waals surface area contributed by atoms with E-state index in [1.807, 2.05) is 0 Å². The number of hydrogen-bond acceptors (Lipinski definition) is 1. The summed E-state index contributed by atoms with van der Waals surface area (Å²) in [5.74, 6) is 0.512. The largest absolute Gasteiger partial charge is 0.393 e. The molecule has 1 saturated carbocycles. The van der Waals surface area contributed by atoms with Crippen LogP contribution in [0.5, 0.6) is 0 Å². The Morgan fingerprint density at radius 2 is 2.00 bits per heavy atom. The van der Waals surface area contributed by atoms with Crippen molar-refractivity contribution in [3.05, 3.63) is 34.6 Å². The molecule has 3 atom stereocenters. The smallest absolute Gasteiger partial charge is 0.123 e. The topological polar surface area (TPSA) is 20.2 Å². The molecular weight excluding hydrogens is 275 g/mol. The lowest BCUT2D eigenvalue weighted by Crippen LogP contribution is -2.35. The summed E-state index contributed by atoms with van der Waals surface area (Å²) in [6.07, 6.45) is 3.24. The number of aliphatic hydroxyl groups is 1. The fourth-order valence-corrected chi connectivity index (χ4v) is 3.43. The van der Waals surface area contributed by atoms with Gasteiger partial charge in [-0.15, -0.1) is 0 Å². The van der Waals surface area contributed by atoms with Crippen LogP contribution >= 0.6 is 11.6 Å². The van der Waals surface area contributed by atoms with Gasteiger partial charge in [-0.25, -0.2) is 4.39 Å². The maximum atomic E-state index is 13.3. The molecule has 0 spiro atoms. The predicted octanol–water partition coefficient (Wildman–Crippen LogP) is 4.84. The Labute approximate surface area is 126 Å². The van der Waals surface area contributed by atoms with Crippen LogP contribution in [0.2, 0.25) is 5.02 Å². The van der Waals surface area contributed by atoms with Crippen LogP contribution in [0.25, 0.3) is 0 Å². The van der Waals surface area contributed by atoms with Crippen molar-refractivity contribution in [2.45, 2.75) is 52.6 Å². The van der Waals surface area contributed by atoms with Crippen molar-refractivity contribution in [3.8, 4) is 0 Å². The van der Waals surface area contributed by atoms with Crippen LogP contribution < -0.4 is 0 Å². The molecule has 1 aliphatic carbocycles. The molecule has 1 aliphatic rings. The van der Waals surface area contributed by atoms with Crippen molar-refractivity contribution in [2.24, 2.45) is 17.3 Å². The minimum absolute atomic E-state index is 0.173. The van der Waals surface area contributed by atoms with E-state index in [2.05, 4.69) is 20.8 Å². The maximum Gasteiger partial charge on any atom is 0.123 e. The van der Waals surface area contributed by atoms with Crippen LogP contribution in [0.3, 0.4) is 0 Å². The van der Waals surface area contributed by atoms with E-state index in [4.69, 9.17) is 11.6 Å². The molecule has 0 heterocycles. The highest BCUT2D eigenvalue weighted by atomic mass is 35.5. The molecule has 1 aromatic carbocycles. The normalized spacial score (nSPS) is 27.6. The van der Waals surface area contributed by atoms with Gasteiger partial charge in [0.25, 0.3) is 0 Å². The number of aliphatic hydroxyl groups excluding tert-OH is 1. The molecule has 1 fully saturated rings. The number of benzene rings is 1. The van der Waals surface area contributed by atoms with Crippen molar-refractivity contribution < 1.29 is 9.50 Å². The Morgan fingerprint density at radius 3 is 2.65 bits per heavy atom. The fourth-order valence-electron chi connectivity index (χ4n) is 3.24. The third-order valence-electron chi connectivity index (χ3n) is 4.66. The van der Waals surface area contributed by atoms with E-state index in [9.17, 15) is 9.50 Å². The molecular formula is C17H24ClFO. The molecule has 3 heteroatoms. The molecule has 1 aromatic rings. The van der Waals surface area contributed by atoms with Crippen molar-refractivity contribution in [3.63, 3.8) is 0 Å². The molecule has 3 unspecified atom stereocenters. The van der Waals surface area contributed by atoms with Crippen molar-refractivity contribution in [2.75, 3.05) is 0 Å². The minimum Gasteiger partial charge on any atom is -0.393 e. The lowest BCUT2D eigenvalue weighted by Gasteiger charge is -2.40. The summed E-state index contributed by atoms with van der Waals surface area (Å²) in [6.45, 7) is 6.75. The van der Waals surface area contributed by atoms with Gasteiger partial charge in [-0.05, 0) is 66.7 Å². The van der Waals surface area contributed by atoms with E-state index in [0.717, 1.165) is 24.8 Å². The van der Waals surface area contributed by atoms with Crippen LogP contribution in [-0.2, 0) is 6.42 Å². The second-order valence-electron chi connectivity index (χ2n) is 7.14. The Balaban J connectivity index is 2.12. The van der Waals surface area contributed by atoms with Gasteiger partial charge in [0.05, 0.1) is 6.10 Å². The third kappa shape index (κ3) is 3.73. The van der Waals surface area contributed by atoms with Gasteiger partial charge in [-0.2, -0.15) is 0 Å². The van der Waals surface area contributed by atoms with Crippen LogP contribution in [0, 0.1) is 23.1 Å². The molecule has 1 N–H and O–H groups in total. The first-order chi connectivity index (χ1) is 9.27. The van der Waals surface area contributed by atoms with Gasteiger partial charge in [-0.3, -0.25) is 0 Å². The summed E-state index contributed by atoms with van der Waals surface area (Å²) in [5, 5.41) is 10.8. The van der Waals surface area contributed by atoms with E-state index in [1.165, 1.54) is 12.1 Å². The molecule has 0 aliphatic heterocycles. The Morgan fingerprint density at radius 1 is 1.30 bits per heavy atom. The first-order valence-corrected chi connectivity index (χ1v) is 7.77. The van der Waals surface area contributed by atoms with E-state index >= 15 is 0 Å². The Kier molecular flexibility index (Phi) is 4.76. The average Bonchev–Trinajstić information content (AvgIpc) is 2.35. The fraction of sp³-hybridized carbons (Fsp3) is 0.647. The number of hydrogen-bond donors (Lipinski definition) is 1. The molecule has 0 saturated heterocycles. The monoisotopic (exact) mass is 298 g/mol. The number of rotatable bonds is 2. The summed E-state index contributed by atoms with van der Waals surface area (Å²) in [5.41, 5.74) is 1.06. The highest BCUT2D eigenvalue weighted by molar-refractivity contribution is 6.31. The van der Waals surface area contributed by atoms with Crippen molar-refractivity contribution >= 4 is 11.6 Å². The van der Waals surface area contributed by atoms with Gasteiger partial charge < -0.3 is 5.11 Å². The molecule has 0 amide bonds. The maximum absolute atomic E-state index is 13.3. The zero-order chi connectivity index (χ0) is 14.9. The van der Waals surface area contributed by atoms with Gasteiger partial charge >= 0.3 is 0 Å². The first kappa shape index (κ1) is 15.8. The first-order valence-electron chi connectivity index (χ1n) is 7.39. The molecule has 1 nitrogen and oxygen atoms in total. The minimum atomic E-state index is -0.298. The SMILES string of the molecule is CC(C)(C)C1CCC(O)C(Cc2cc(F)ccc2Cl)C1. The van der Waals surface area contributed by atoms with Gasteiger partial charge in [0.1, 0.15) is 5.82 Å². The lowest BCUT2D eigenvalue weighted by molar-refractivity contribution is 0.0196. The van der Waals surface area contributed by atoms with Crippen molar-refractivity contribution in [1.29, 1.82) is 0 Å². The van der Waals surface area contributed by atoms with Gasteiger partial charge in [0, 0.05) is 5.02 Å². The van der Waals surface area contributed by atoms with E-state index in [0.29, 0.717) is 17.4 Å². The Bertz CT molecular complexity index is 467. The van der Waals surface area contributed by atoms with Crippen LogP contribution in [0.4, 0.5) is 4.39 Å². The number of halogens is 2. The Hall–Kier alpha value is -0.600. The lowest BCUT2D eigenvalue weighted by atomic mass is 9.67. The average molecular weight is 299 g/mol. The summed E-state index contributed by atoms with van der Waals surface area (Å²) < 4.78 is 13.3. The van der Waals surface area contributed by atoms with Crippen molar-refractivity contribution in [1.82, 2.24) is 0 Å².